The second-order valence-electron chi connectivity index (χ2n) is 5.30. The van der Waals surface area contributed by atoms with Crippen LogP contribution in [0.2, 0.25) is 0 Å². The second-order valence-corrected chi connectivity index (χ2v) is 5.30. The molecule has 22 heavy (non-hydrogen) atoms. The summed E-state index contributed by atoms with van der Waals surface area (Å²) in [6, 6.07) is 10.5. The van der Waals surface area contributed by atoms with Gasteiger partial charge in [-0.05, 0) is 42.2 Å². The highest BCUT2D eigenvalue weighted by molar-refractivity contribution is 5.68. The highest BCUT2D eigenvalue weighted by atomic mass is 16.6. The Labute approximate surface area is 128 Å². The van der Waals surface area contributed by atoms with E-state index in [4.69, 9.17) is 10.5 Å². The molecule has 2 aromatic carbocycles. The molecule has 0 aromatic heterocycles. The van der Waals surface area contributed by atoms with Crippen LogP contribution >= 0.6 is 0 Å². The number of rotatable bonds is 4. The van der Waals surface area contributed by atoms with Gasteiger partial charge in [-0.1, -0.05) is 12.1 Å². The number of ether oxygens (including phenoxy) is 1. The Morgan fingerprint density at radius 3 is 2.91 bits per heavy atom. The minimum absolute atomic E-state index is 0.0191. The molecule has 1 aliphatic rings. The summed E-state index contributed by atoms with van der Waals surface area (Å²) in [7, 11) is 1.65. The molecular formula is C16H17N3O3. The Morgan fingerprint density at radius 2 is 2.18 bits per heavy atom. The molecule has 1 atom stereocenters. The molecule has 0 bridgehead atoms. The molecule has 3 rings (SSSR count). The van der Waals surface area contributed by atoms with Crippen LogP contribution < -0.4 is 15.8 Å². The van der Waals surface area contributed by atoms with Gasteiger partial charge in [-0.15, -0.1) is 0 Å². The summed E-state index contributed by atoms with van der Waals surface area (Å²) in [4.78, 5) is 10.8. The van der Waals surface area contributed by atoms with Gasteiger partial charge < -0.3 is 15.8 Å². The summed E-state index contributed by atoms with van der Waals surface area (Å²) in [5, 5.41) is 14.4. The van der Waals surface area contributed by atoms with Crippen LogP contribution in [0.4, 0.5) is 17.1 Å². The van der Waals surface area contributed by atoms with Crippen molar-refractivity contribution >= 4 is 17.1 Å². The van der Waals surface area contributed by atoms with Gasteiger partial charge in [0.15, 0.2) is 0 Å². The average molecular weight is 299 g/mol. The van der Waals surface area contributed by atoms with E-state index in [1.165, 1.54) is 12.1 Å². The zero-order valence-corrected chi connectivity index (χ0v) is 12.2. The van der Waals surface area contributed by atoms with Gasteiger partial charge in [-0.2, -0.15) is 0 Å². The molecule has 0 aliphatic heterocycles. The van der Waals surface area contributed by atoms with Crippen LogP contribution in [0.1, 0.15) is 23.6 Å². The molecule has 2 aromatic rings. The minimum atomic E-state index is -0.400. The first-order valence-electron chi connectivity index (χ1n) is 7.06. The lowest BCUT2D eigenvalue weighted by Gasteiger charge is -2.16. The van der Waals surface area contributed by atoms with E-state index in [-0.39, 0.29) is 11.7 Å². The normalized spacial score (nSPS) is 16.1. The van der Waals surface area contributed by atoms with Crippen LogP contribution in [0.3, 0.4) is 0 Å². The van der Waals surface area contributed by atoms with Gasteiger partial charge in [-0.25, -0.2) is 0 Å². The highest BCUT2D eigenvalue weighted by Crippen LogP contribution is 2.40. The molecule has 0 radical (unpaired) electrons. The van der Waals surface area contributed by atoms with E-state index in [9.17, 15) is 10.1 Å². The van der Waals surface area contributed by atoms with E-state index in [0.29, 0.717) is 11.4 Å². The van der Waals surface area contributed by atoms with E-state index in [2.05, 4.69) is 5.32 Å². The molecule has 6 heteroatoms. The van der Waals surface area contributed by atoms with Crippen molar-refractivity contribution in [2.75, 3.05) is 18.2 Å². The highest BCUT2D eigenvalue weighted by Gasteiger charge is 2.27. The van der Waals surface area contributed by atoms with E-state index in [0.717, 1.165) is 29.7 Å². The molecule has 0 amide bonds. The van der Waals surface area contributed by atoms with Crippen LogP contribution in [0.15, 0.2) is 36.4 Å². The van der Waals surface area contributed by atoms with Crippen molar-refractivity contribution in [1.82, 2.24) is 0 Å². The Bertz CT molecular complexity index is 731. The fourth-order valence-electron chi connectivity index (χ4n) is 2.98. The quantitative estimate of drug-likeness (QED) is 0.513. The van der Waals surface area contributed by atoms with Crippen molar-refractivity contribution < 1.29 is 9.66 Å². The van der Waals surface area contributed by atoms with Gasteiger partial charge in [0.2, 0.25) is 0 Å². The van der Waals surface area contributed by atoms with Crippen molar-refractivity contribution in [2.45, 2.75) is 18.9 Å². The zero-order valence-electron chi connectivity index (χ0n) is 12.2. The third-order valence-electron chi connectivity index (χ3n) is 3.99. The van der Waals surface area contributed by atoms with Crippen molar-refractivity contribution in [3.63, 3.8) is 0 Å². The van der Waals surface area contributed by atoms with E-state index >= 15 is 0 Å². The molecule has 3 N–H and O–H groups in total. The lowest BCUT2D eigenvalue weighted by Crippen LogP contribution is -2.09. The molecule has 6 nitrogen and oxygen atoms in total. The van der Waals surface area contributed by atoms with Crippen molar-refractivity contribution in [2.24, 2.45) is 0 Å². The number of benzene rings is 2. The Hall–Kier alpha value is -2.76. The SMILES string of the molecule is COc1cccc2c1CC[C@@H]2Nc1cc(N)ccc1[N+](=O)[O-]. The van der Waals surface area contributed by atoms with Crippen LogP contribution in [-0.4, -0.2) is 12.0 Å². The van der Waals surface area contributed by atoms with Gasteiger partial charge in [0.1, 0.15) is 11.4 Å². The lowest BCUT2D eigenvalue weighted by molar-refractivity contribution is -0.384. The molecule has 114 valence electrons. The van der Waals surface area contributed by atoms with Gasteiger partial charge in [0.25, 0.3) is 5.69 Å². The Kier molecular flexibility index (Phi) is 3.58. The monoisotopic (exact) mass is 299 g/mol. The van der Waals surface area contributed by atoms with Crippen LogP contribution in [0, 0.1) is 10.1 Å². The third-order valence-corrected chi connectivity index (χ3v) is 3.99. The number of nitro benzene ring substituents is 1. The van der Waals surface area contributed by atoms with Crippen LogP contribution in [0.5, 0.6) is 5.75 Å². The first-order valence-corrected chi connectivity index (χ1v) is 7.06. The molecular weight excluding hydrogens is 282 g/mol. The smallest absolute Gasteiger partial charge is 0.292 e. The maximum atomic E-state index is 11.2. The molecule has 0 fully saturated rings. The number of hydrogen-bond acceptors (Lipinski definition) is 5. The third kappa shape index (κ3) is 2.43. The predicted octanol–water partition coefficient (Wildman–Crippen LogP) is 3.29. The number of methoxy groups -OCH3 is 1. The molecule has 0 unspecified atom stereocenters. The fraction of sp³-hybridized carbons (Fsp3) is 0.250. The zero-order chi connectivity index (χ0) is 15.7. The molecule has 0 saturated carbocycles. The first-order chi connectivity index (χ1) is 10.6. The maximum absolute atomic E-state index is 11.2. The van der Waals surface area contributed by atoms with Crippen molar-refractivity contribution in [3.05, 3.63) is 57.6 Å². The second kappa shape index (κ2) is 5.55. The fourth-order valence-corrected chi connectivity index (χ4v) is 2.98. The van der Waals surface area contributed by atoms with Gasteiger partial charge in [0, 0.05) is 11.8 Å². The summed E-state index contributed by atoms with van der Waals surface area (Å²) in [5.41, 5.74) is 9.02. The van der Waals surface area contributed by atoms with Crippen molar-refractivity contribution in [1.29, 1.82) is 0 Å². The number of nitrogens with zero attached hydrogens (tertiary/aromatic N) is 1. The topological polar surface area (TPSA) is 90.4 Å². The number of nitrogens with two attached hydrogens (primary N) is 1. The standard InChI is InChI=1S/C16H17N3O3/c1-22-16-4-2-3-11-12(16)6-7-13(11)18-14-9-10(17)5-8-15(14)19(20)21/h2-5,8-9,13,18H,6-7,17H2,1H3/t13-/m0/s1. The van der Waals surface area contributed by atoms with Crippen LogP contribution in [0.25, 0.3) is 0 Å². The largest absolute Gasteiger partial charge is 0.496 e. The van der Waals surface area contributed by atoms with Crippen LogP contribution in [-0.2, 0) is 6.42 Å². The van der Waals surface area contributed by atoms with E-state index in [1.807, 2.05) is 18.2 Å². The molecule has 1 aliphatic carbocycles. The summed E-state index contributed by atoms with van der Waals surface area (Å²) < 4.78 is 5.38. The van der Waals surface area contributed by atoms with E-state index in [1.54, 1.807) is 13.2 Å². The number of nitro groups is 1. The van der Waals surface area contributed by atoms with Crippen molar-refractivity contribution in [3.8, 4) is 5.75 Å². The number of anilines is 2. The number of hydrogen-bond donors (Lipinski definition) is 2. The van der Waals surface area contributed by atoms with Gasteiger partial charge >= 0.3 is 0 Å². The number of nitrogen functional groups attached to an aromatic ring is 1. The summed E-state index contributed by atoms with van der Waals surface area (Å²) in [5.74, 6) is 0.865. The number of nitrogens with one attached hydrogen (secondary N) is 1. The molecule has 0 spiro atoms. The summed E-state index contributed by atoms with van der Waals surface area (Å²) in [6.07, 6.45) is 1.74. The lowest BCUT2D eigenvalue weighted by atomic mass is 10.1. The van der Waals surface area contributed by atoms with E-state index < -0.39 is 4.92 Å². The molecule has 0 heterocycles. The molecule has 0 saturated heterocycles. The predicted molar refractivity (Wildman–Crippen MR) is 85.2 cm³/mol. The number of fused-ring (bicyclic) bond motifs is 1. The van der Waals surface area contributed by atoms with Gasteiger partial charge in [0.05, 0.1) is 18.1 Å². The Balaban J connectivity index is 1.94. The maximum Gasteiger partial charge on any atom is 0.292 e. The first kappa shape index (κ1) is 14.2. The average Bonchev–Trinajstić information content (AvgIpc) is 2.90. The summed E-state index contributed by atoms with van der Waals surface area (Å²) >= 11 is 0. The minimum Gasteiger partial charge on any atom is -0.496 e. The summed E-state index contributed by atoms with van der Waals surface area (Å²) in [6.45, 7) is 0. The van der Waals surface area contributed by atoms with Gasteiger partial charge in [-0.3, -0.25) is 10.1 Å². The Morgan fingerprint density at radius 1 is 1.36 bits per heavy atom.